The molecule has 7 heteroatoms. The molecule has 0 unspecified atom stereocenters. The van der Waals surface area contributed by atoms with Gasteiger partial charge >= 0.3 is 0 Å². The fourth-order valence-electron chi connectivity index (χ4n) is 1.78. The van der Waals surface area contributed by atoms with E-state index in [9.17, 15) is 13.2 Å². The summed E-state index contributed by atoms with van der Waals surface area (Å²) in [5, 5.41) is 7.61. The number of primary sulfonamides is 1. The predicted molar refractivity (Wildman–Crippen MR) is 79.8 cm³/mol. The Labute approximate surface area is 122 Å². The molecule has 110 valence electrons. The molecule has 5 N–H and O–H groups in total. The van der Waals surface area contributed by atoms with Crippen LogP contribution >= 0.6 is 0 Å². The van der Waals surface area contributed by atoms with Gasteiger partial charge in [0.05, 0.1) is 4.90 Å². The van der Waals surface area contributed by atoms with Crippen molar-refractivity contribution in [2.75, 3.05) is 5.32 Å². The summed E-state index contributed by atoms with van der Waals surface area (Å²) in [5.41, 5.74) is 6.84. The second-order valence-electron chi connectivity index (χ2n) is 4.45. The third kappa shape index (κ3) is 3.88. The largest absolute Gasteiger partial charge is 0.324 e. The van der Waals surface area contributed by atoms with Gasteiger partial charge in [0, 0.05) is 5.69 Å². The lowest BCUT2D eigenvalue weighted by atomic mass is 10.1. The third-order valence-corrected chi connectivity index (χ3v) is 3.78. The molecule has 0 heterocycles. The van der Waals surface area contributed by atoms with Crippen molar-refractivity contribution in [3.8, 4) is 0 Å². The van der Waals surface area contributed by atoms with Crippen molar-refractivity contribution in [1.82, 2.24) is 0 Å². The third-order valence-electron chi connectivity index (χ3n) is 2.87. The lowest BCUT2D eigenvalue weighted by Gasteiger charge is -2.13. The molecule has 1 atom stereocenters. The van der Waals surface area contributed by atoms with Gasteiger partial charge in [-0.2, -0.15) is 0 Å². The molecule has 21 heavy (non-hydrogen) atoms. The fraction of sp³-hybridized carbons (Fsp3) is 0.0714. The number of nitrogens with one attached hydrogen (secondary N) is 1. The van der Waals surface area contributed by atoms with Gasteiger partial charge in [0.1, 0.15) is 6.04 Å². The standard InChI is InChI=1S/C14H15N3O3S/c15-13(10-5-2-1-3-6-10)14(18)17-11-7-4-8-12(9-11)21(16,19)20/h1-9,13H,15H2,(H,17,18)(H2,16,19,20)/t13-/m1/s1. The zero-order chi connectivity index (χ0) is 15.5. The lowest BCUT2D eigenvalue weighted by Crippen LogP contribution is -2.27. The smallest absolute Gasteiger partial charge is 0.245 e. The van der Waals surface area contributed by atoms with Crippen molar-refractivity contribution in [1.29, 1.82) is 0 Å². The average molecular weight is 305 g/mol. The molecule has 0 radical (unpaired) electrons. The second-order valence-corrected chi connectivity index (χ2v) is 6.01. The second kappa shape index (κ2) is 6.04. The summed E-state index contributed by atoms with van der Waals surface area (Å²) in [7, 11) is -3.82. The van der Waals surface area contributed by atoms with Gasteiger partial charge in [-0.1, -0.05) is 36.4 Å². The molecule has 0 saturated carbocycles. The van der Waals surface area contributed by atoms with Crippen LogP contribution in [-0.2, 0) is 14.8 Å². The van der Waals surface area contributed by atoms with Crippen LogP contribution in [0.25, 0.3) is 0 Å². The minimum absolute atomic E-state index is 0.0754. The van der Waals surface area contributed by atoms with E-state index in [4.69, 9.17) is 10.9 Å². The number of nitrogens with two attached hydrogens (primary N) is 2. The average Bonchev–Trinajstić information content (AvgIpc) is 2.47. The highest BCUT2D eigenvalue weighted by Crippen LogP contribution is 2.17. The van der Waals surface area contributed by atoms with Gasteiger partial charge in [0.2, 0.25) is 15.9 Å². The molecule has 2 rings (SSSR count). The molecule has 0 saturated heterocycles. The Bertz CT molecular complexity index is 745. The van der Waals surface area contributed by atoms with E-state index in [-0.39, 0.29) is 4.90 Å². The van der Waals surface area contributed by atoms with Crippen LogP contribution in [0, 0.1) is 0 Å². The van der Waals surface area contributed by atoms with Crippen LogP contribution in [0.3, 0.4) is 0 Å². The number of rotatable bonds is 4. The van der Waals surface area contributed by atoms with Crippen LogP contribution in [0.4, 0.5) is 5.69 Å². The molecular formula is C14H15N3O3S. The highest BCUT2D eigenvalue weighted by Gasteiger charge is 2.16. The van der Waals surface area contributed by atoms with Crippen molar-refractivity contribution in [2.24, 2.45) is 10.9 Å². The molecule has 0 aromatic heterocycles. The molecule has 1 amide bonds. The van der Waals surface area contributed by atoms with Gasteiger partial charge in [0.15, 0.2) is 0 Å². The van der Waals surface area contributed by atoms with Crippen LogP contribution in [0.2, 0.25) is 0 Å². The number of hydrogen-bond donors (Lipinski definition) is 3. The van der Waals surface area contributed by atoms with Gasteiger partial charge in [-0.3, -0.25) is 4.79 Å². The van der Waals surface area contributed by atoms with E-state index in [1.807, 2.05) is 6.07 Å². The Morgan fingerprint density at radius 1 is 1.05 bits per heavy atom. The van der Waals surface area contributed by atoms with Gasteiger partial charge in [-0.05, 0) is 23.8 Å². The maximum absolute atomic E-state index is 12.1. The zero-order valence-electron chi connectivity index (χ0n) is 11.1. The van der Waals surface area contributed by atoms with E-state index in [1.165, 1.54) is 18.2 Å². The first-order chi connectivity index (χ1) is 9.88. The maximum atomic E-state index is 12.1. The zero-order valence-corrected chi connectivity index (χ0v) is 11.9. The molecule has 0 aliphatic rings. The summed E-state index contributed by atoms with van der Waals surface area (Å²) < 4.78 is 22.5. The van der Waals surface area contributed by atoms with E-state index in [1.54, 1.807) is 30.3 Å². The Balaban J connectivity index is 2.17. The lowest BCUT2D eigenvalue weighted by molar-refractivity contribution is -0.117. The Morgan fingerprint density at radius 3 is 2.33 bits per heavy atom. The molecule has 0 aliphatic heterocycles. The normalized spacial score (nSPS) is 12.7. The Kier molecular flexibility index (Phi) is 4.37. The van der Waals surface area contributed by atoms with E-state index in [0.29, 0.717) is 11.3 Å². The number of anilines is 1. The van der Waals surface area contributed by atoms with Crippen LogP contribution in [0.15, 0.2) is 59.5 Å². The van der Waals surface area contributed by atoms with Crippen LogP contribution in [0.5, 0.6) is 0 Å². The SMILES string of the molecule is N[C@@H](C(=O)Nc1cccc(S(N)(=O)=O)c1)c1ccccc1. The van der Waals surface area contributed by atoms with Crippen LogP contribution < -0.4 is 16.2 Å². The van der Waals surface area contributed by atoms with Gasteiger partial charge in [-0.25, -0.2) is 13.6 Å². The predicted octanol–water partition coefficient (Wildman–Crippen LogP) is 0.972. The molecule has 2 aromatic rings. The molecule has 6 nitrogen and oxygen atoms in total. The summed E-state index contributed by atoms with van der Waals surface area (Å²) in [6.45, 7) is 0. The number of carbonyl (C=O) groups excluding carboxylic acids is 1. The number of hydrogen-bond acceptors (Lipinski definition) is 4. The van der Waals surface area contributed by atoms with Crippen molar-refractivity contribution in [3.63, 3.8) is 0 Å². The van der Waals surface area contributed by atoms with Crippen molar-refractivity contribution < 1.29 is 13.2 Å². The summed E-state index contributed by atoms with van der Waals surface area (Å²) >= 11 is 0. The van der Waals surface area contributed by atoms with E-state index in [0.717, 1.165) is 0 Å². The highest BCUT2D eigenvalue weighted by molar-refractivity contribution is 7.89. The fourth-order valence-corrected chi connectivity index (χ4v) is 2.34. The maximum Gasteiger partial charge on any atom is 0.245 e. The van der Waals surface area contributed by atoms with E-state index in [2.05, 4.69) is 5.32 Å². The topological polar surface area (TPSA) is 115 Å². The molecule has 2 aromatic carbocycles. The number of sulfonamides is 1. The van der Waals surface area contributed by atoms with Crippen molar-refractivity contribution >= 4 is 21.6 Å². The molecule has 0 spiro atoms. The van der Waals surface area contributed by atoms with E-state index >= 15 is 0 Å². The summed E-state index contributed by atoms with van der Waals surface area (Å²) in [6.07, 6.45) is 0. The number of benzene rings is 2. The van der Waals surface area contributed by atoms with Gasteiger partial charge < -0.3 is 11.1 Å². The quantitative estimate of drug-likeness (QED) is 0.780. The van der Waals surface area contributed by atoms with Gasteiger partial charge in [-0.15, -0.1) is 0 Å². The minimum Gasteiger partial charge on any atom is -0.324 e. The minimum atomic E-state index is -3.82. The number of amides is 1. The number of carbonyl (C=O) groups is 1. The summed E-state index contributed by atoms with van der Waals surface area (Å²) in [5.74, 6) is -0.437. The molecule has 0 bridgehead atoms. The van der Waals surface area contributed by atoms with E-state index < -0.39 is 22.0 Å². The first-order valence-corrected chi connectivity index (χ1v) is 7.67. The molecule has 0 aliphatic carbocycles. The van der Waals surface area contributed by atoms with Crippen LogP contribution in [0.1, 0.15) is 11.6 Å². The van der Waals surface area contributed by atoms with Crippen molar-refractivity contribution in [2.45, 2.75) is 10.9 Å². The highest BCUT2D eigenvalue weighted by atomic mass is 32.2. The monoisotopic (exact) mass is 305 g/mol. The van der Waals surface area contributed by atoms with Crippen LogP contribution in [-0.4, -0.2) is 14.3 Å². The first-order valence-electron chi connectivity index (χ1n) is 6.12. The Hall–Kier alpha value is -2.22. The molecular weight excluding hydrogens is 290 g/mol. The summed E-state index contributed by atoms with van der Waals surface area (Å²) in [4.78, 5) is 12.0. The summed E-state index contributed by atoms with van der Waals surface area (Å²) in [6, 6.07) is 13.7. The van der Waals surface area contributed by atoms with Gasteiger partial charge in [0.25, 0.3) is 0 Å². The Morgan fingerprint density at radius 2 is 1.71 bits per heavy atom. The molecule has 0 fully saturated rings. The van der Waals surface area contributed by atoms with Crippen molar-refractivity contribution in [3.05, 3.63) is 60.2 Å². The first kappa shape index (κ1) is 15.2.